The highest BCUT2D eigenvalue weighted by atomic mass is 32.1. The van der Waals surface area contributed by atoms with Gasteiger partial charge in [-0.05, 0) is 36.6 Å². The van der Waals surface area contributed by atoms with E-state index in [2.05, 4.69) is 23.6 Å². The minimum atomic E-state index is -0.470. The van der Waals surface area contributed by atoms with E-state index in [-0.39, 0.29) is 11.6 Å². The number of ether oxygens (including phenoxy) is 2. The van der Waals surface area contributed by atoms with Crippen LogP contribution in [-0.2, 0) is 11.3 Å². The molecule has 2 aromatic rings. The molecule has 0 spiro atoms. The molecule has 0 N–H and O–H groups in total. The second kappa shape index (κ2) is 9.33. The van der Waals surface area contributed by atoms with Crippen LogP contribution in [0.5, 0.6) is 5.75 Å². The van der Waals surface area contributed by atoms with E-state index in [1.807, 2.05) is 0 Å². The lowest BCUT2D eigenvalue weighted by atomic mass is 10.1. The number of esters is 1. The van der Waals surface area contributed by atoms with Gasteiger partial charge in [-0.25, -0.2) is 9.78 Å². The molecule has 0 aliphatic carbocycles. The van der Waals surface area contributed by atoms with Crippen LogP contribution in [-0.4, -0.2) is 42.5 Å². The Labute approximate surface area is 157 Å². The Bertz CT molecular complexity index is 740. The summed E-state index contributed by atoms with van der Waals surface area (Å²) in [4.78, 5) is 30.5. The number of aromatic nitrogens is 1. The first-order valence-corrected chi connectivity index (χ1v) is 9.28. The Morgan fingerprint density at radius 3 is 2.46 bits per heavy atom. The van der Waals surface area contributed by atoms with Crippen LogP contribution in [0.25, 0.3) is 0 Å². The second-order valence-corrected chi connectivity index (χ2v) is 7.20. The molecule has 7 heteroatoms. The number of amides is 1. The first-order valence-electron chi connectivity index (χ1n) is 8.40. The molecule has 0 unspecified atom stereocenters. The lowest BCUT2D eigenvalue weighted by Crippen LogP contribution is -2.32. The van der Waals surface area contributed by atoms with Gasteiger partial charge >= 0.3 is 5.97 Å². The molecular weight excluding hydrogens is 352 g/mol. The highest BCUT2D eigenvalue weighted by Gasteiger charge is 2.19. The van der Waals surface area contributed by atoms with Crippen molar-refractivity contribution in [3.63, 3.8) is 0 Å². The van der Waals surface area contributed by atoms with Gasteiger partial charge in [-0.2, -0.15) is 0 Å². The van der Waals surface area contributed by atoms with Crippen LogP contribution in [0.1, 0.15) is 46.1 Å². The zero-order chi connectivity index (χ0) is 19.1. The maximum absolute atomic E-state index is 12.9. The lowest BCUT2D eigenvalue weighted by molar-refractivity contribution is 0.0594. The Morgan fingerprint density at radius 2 is 1.88 bits per heavy atom. The van der Waals surface area contributed by atoms with Crippen molar-refractivity contribution >= 4 is 23.2 Å². The van der Waals surface area contributed by atoms with Gasteiger partial charge in [-0.1, -0.05) is 13.8 Å². The molecule has 0 fully saturated rings. The van der Waals surface area contributed by atoms with Crippen LogP contribution in [0.4, 0.5) is 0 Å². The standard InChI is InChI=1S/C19H24N2O4S/c1-13(2)9-10-21(11-17-20-16(12-26-17)19(23)25-4)18(22)14-5-7-15(24-3)8-6-14/h5-8,12-13H,9-11H2,1-4H3. The van der Waals surface area contributed by atoms with E-state index in [1.54, 1.807) is 41.7 Å². The number of nitrogens with zero attached hydrogens (tertiary/aromatic N) is 2. The first kappa shape index (κ1) is 19.9. The van der Waals surface area contributed by atoms with Crippen molar-refractivity contribution in [1.82, 2.24) is 9.88 Å². The second-order valence-electron chi connectivity index (χ2n) is 6.26. The molecule has 140 valence electrons. The minimum absolute atomic E-state index is 0.0666. The number of rotatable bonds is 8. The summed E-state index contributed by atoms with van der Waals surface area (Å²) in [5.74, 6) is 0.645. The van der Waals surface area contributed by atoms with Crippen molar-refractivity contribution in [2.24, 2.45) is 5.92 Å². The number of hydrogen-bond donors (Lipinski definition) is 0. The summed E-state index contributed by atoms with van der Waals surface area (Å²) in [5.41, 5.74) is 0.868. The first-order chi connectivity index (χ1) is 12.4. The van der Waals surface area contributed by atoms with Gasteiger partial charge < -0.3 is 14.4 Å². The summed E-state index contributed by atoms with van der Waals surface area (Å²) in [6.45, 7) is 5.22. The molecule has 0 bridgehead atoms. The van der Waals surface area contributed by atoms with Crippen molar-refractivity contribution in [2.45, 2.75) is 26.8 Å². The van der Waals surface area contributed by atoms with Crippen LogP contribution in [0, 0.1) is 5.92 Å². The van der Waals surface area contributed by atoms with Gasteiger partial charge in [0.15, 0.2) is 5.69 Å². The molecule has 0 atom stereocenters. The number of carbonyl (C=O) groups excluding carboxylic acids is 2. The summed E-state index contributed by atoms with van der Waals surface area (Å²) in [6, 6.07) is 7.05. The van der Waals surface area contributed by atoms with Gasteiger partial charge in [0.25, 0.3) is 5.91 Å². The molecule has 1 aromatic heterocycles. The number of carbonyl (C=O) groups is 2. The van der Waals surface area contributed by atoms with E-state index in [9.17, 15) is 9.59 Å². The Kier molecular flexibility index (Phi) is 7.15. The molecule has 1 aromatic carbocycles. The largest absolute Gasteiger partial charge is 0.497 e. The van der Waals surface area contributed by atoms with Crippen molar-refractivity contribution < 1.29 is 19.1 Å². The van der Waals surface area contributed by atoms with Crippen molar-refractivity contribution in [1.29, 1.82) is 0 Å². The van der Waals surface area contributed by atoms with E-state index in [4.69, 9.17) is 4.74 Å². The average molecular weight is 376 g/mol. The van der Waals surface area contributed by atoms with E-state index in [0.717, 1.165) is 6.42 Å². The molecular formula is C19H24N2O4S. The maximum atomic E-state index is 12.9. The summed E-state index contributed by atoms with van der Waals surface area (Å²) >= 11 is 1.35. The molecule has 0 saturated heterocycles. The highest BCUT2D eigenvalue weighted by molar-refractivity contribution is 7.09. The van der Waals surface area contributed by atoms with E-state index >= 15 is 0 Å². The molecule has 0 aliphatic rings. The topological polar surface area (TPSA) is 68.7 Å². The van der Waals surface area contributed by atoms with Crippen LogP contribution < -0.4 is 4.74 Å². The Hall–Kier alpha value is -2.41. The molecule has 0 radical (unpaired) electrons. The van der Waals surface area contributed by atoms with Crippen molar-refractivity contribution in [3.8, 4) is 5.75 Å². The quantitative estimate of drug-likeness (QED) is 0.658. The van der Waals surface area contributed by atoms with Gasteiger partial charge in [0.1, 0.15) is 10.8 Å². The SMILES string of the molecule is COC(=O)c1csc(CN(CCC(C)C)C(=O)c2ccc(OC)cc2)n1. The van der Waals surface area contributed by atoms with Crippen LogP contribution >= 0.6 is 11.3 Å². The third kappa shape index (κ3) is 5.29. The fraction of sp³-hybridized carbons (Fsp3) is 0.421. The number of hydrogen-bond acceptors (Lipinski definition) is 6. The number of thiazole rings is 1. The van der Waals surface area contributed by atoms with Crippen LogP contribution in [0.2, 0.25) is 0 Å². The van der Waals surface area contributed by atoms with Crippen molar-refractivity contribution in [2.75, 3.05) is 20.8 Å². The van der Waals surface area contributed by atoms with E-state index in [1.165, 1.54) is 18.4 Å². The van der Waals surface area contributed by atoms with E-state index in [0.29, 0.717) is 35.3 Å². The summed E-state index contributed by atoms with van der Waals surface area (Å²) in [7, 11) is 2.91. The Balaban J connectivity index is 2.17. The Morgan fingerprint density at radius 1 is 1.19 bits per heavy atom. The predicted molar refractivity (Wildman–Crippen MR) is 101 cm³/mol. The molecule has 1 amide bonds. The highest BCUT2D eigenvalue weighted by Crippen LogP contribution is 2.18. The average Bonchev–Trinajstić information content (AvgIpc) is 3.12. The third-order valence-corrected chi connectivity index (χ3v) is 4.71. The van der Waals surface area contributed by atoms with Crippen molar-refractivity contribution in [3.05, 3.63) is 45.9 Å². The predicted octanol–water partition coefficient (Wildman–Crippen LogP) is 3.63. The molecule has 6 nitrogen and oxygen atoms in total. The molecule has 1 heterocycles. The smallest absolute Gasteiger partial charge is 0.357 e. The maximum Gasteiger partial charge on any atom is 0.357 e. The molecule has 0 aliphatic heterocycles. The van der Waals surface area contributed by atoms with Gasteiger partial charge in [0.05, 0.1) is 20.8 Å². The monoisotopic (exact) mass is 376 g/mol. The van der Waals surface area contributed by atoms with Gasteiger partial charge in [0.2, 0.25) is 0 Å². The van der Waals surface area contributed by atoms with Gasteiger partial charge in [-0.15, -0.1) is 11.3 Å². The van der Waals surface area contributed by atoms with Crippen LogP contribution in [0.15, 0.2) is 29.6 Å². The normalized spacial score (nSPS) is 10.7. The lowest BCUT2D eigenvalue weighted by Gasteiger charge is -2.23. The molecule has 2 rings (SSSR count). The van der Waals surface area contributed by atoms with Crippen LogP contribution in [0.3, 0.4) is 0 Å². The zero-order valence-corrected chi connectivity index (χ0v) is 16.3. The molecule has 26 heavy (non-hydrogen) atoms. The fourth-order valence-electron chi connectivity index (χ4n) is 2.33. The minimum Gasteiger partial charge on any atom is -0.497 e. The zero-order valence-electron chi connectivity index (χ0n) is 15.5. The van der Waals surface area contributed by atoms with Gasteiger partial charge in [-0.3, -0.25) is 4.79 Å². The van der Waals surface area contributed by atoms with Gasteiger partial charge in [0, 0.05) is 17.5 Å². The van der Waals surface area contributed by atoms with E-state index < -0.39 is 5.97 Å². The number of benzene rings is 1. The number of methoxy groups -OCH3 is 2. The fourth-order valence-corrected chi connectivity index (χ4v) is 3.11. The summed E-state index contributed by atoms with van der Waals surface area (Å²) < 4.78 is 9.83. The third-order valence-electron chi connectivity index (χ3n) is 3.87. The molecule has 0 saturated carbocycles. The summed E-state index contributed by atoms with van der Waals surface area (Å²) in [5, 5.41) is 2.36. The summed E-state index contributed by atoms with van der Waals surface area (Å²) in [6.07, 6.45) is 0.886.